The van der Waals surface area contributed by atoms with Gasteiger partial charge in [0.1, 0.15) is 13.0 Å². The minimum absolute atomic E-state index is 0.288. The van der Waals surface area contributed by atoms with Gasteiger partial charge in [-0.2, -0.15) is 5.26 Å². The van der Waals surface area contributed by atoms with Gasteiger partial charge in [0.15, 0.2) is 0 Å². The van der Waals surface area contributed by atoms with Gasteiger partial charge in [-0.1, -0.05) is 13.8 Å². The van der Waals surface area contributed by atoms with E-state index in [1.807, 2.05) is 32.2 Å². The summed E-state index contributed by atoms with van der Waals surface area (Å²) in [4.78, 5) is 9.19. The monoisotopic (exact) mass is 484 g/mol. The van der Waals surface area contributed by atoms with Crippen molar-refractivity contribution in [3.05, 3.63) is 77.4 Å². The van der Waals surface area contributed by atoms with Crippen LogP contribution in [0.2, 0.25) is 0 Å². The molecule has 4 aromatic rings. The highest BCUT2D eigenvalue weighted by Gasteiger charge is 2.33. The molecule has 0 aliphatic carbocycles. The molecule has 1 aliphatic heterocycles. The molecular weight excluding hydrogens is 458 g/mol. The van der Waals surface area contributed by atoms with Crippen LogP contribution in [0.25, 0.3) is 27.8 Å². The van der Waals surface area contributed by atoms with Gasteiger partial charge in [0.2, 0.25) is 0 Å². The number of hydrogen-bond donors (Lipinski definition) is 0. The van der Waals surface area contributed by atoms with Crippen molar-refractivity contribution in [2.45, 2.75) is 32.2 Å². The van der Waals surface area contributed by atoms with Crippen molar-refractivity contribution in [2.75, 3.05) is 13.3 Å². The summed E-state index contributed by atoms with van der Waals surface area (Å²) in [5, 5.41) is 11.4. The Morgan fingerprint density at radius 3 is 2.51 bits per heavy atom. The SMILES string of the molecule is CC(C)(CC#N)c1c(-c2ccc(P(C)(C)=O)cn2)c2cc3c(cc2n1-c1ccc(F)cc1)C=NC3. The Balaban J connectivity index is 1.91. The molecule has 176 valence electrons. The quantitative estimate of drug-likeness (QED) is 0.317. The van der Waals surface area contributed by atoms with Gasteiger partial charge in [0.05, 0.1) is 23.8 Å². The van der Waals surface area contributed by atoms with Crippen LogP contribution in [-0.2, 0) is 16.5 Å². The lowest BCUT2D eigenvalue weighted by atomic mass is 9.82. The zero-order valence-corrected chi connectivity index (χ0v) is 21.1. The molecule has 35 heavy (non-hydrogen) atoms. The first-order chi connectivity index (χ1) is 16.6. The molecule has 0 fully saturated rings. The number of benzene rings is 2. The van der Waals surface area contributed by atoms with E-state index in [1.165, 1.54) is 12.1 Å². The van der Waals surface area contributed by atoms with Gasteiger partial charge < -0.3 is 9.13 Å². The fourth-order valence-corrected chi connectivity index (χ4v) is 5.56. The first-order valence-electron chi connectivity index (χ1n) is 11.5. The topological polar surface area (TPSA) is 71.0 Å². The summed E-state index contributed by atoms with van der Waals surface area (Å²) in [7, 11) is -2.45. The van der Waals surface area contributed by atoms with Gasteiger partial charge in [-0.3, -0.25) is 9.98 Å². The van der Waals surface area contributed by atoms with Crippen molar-refractivity contribution in [3.8, 4) is 23.0 Å². The standard InChI is InChI=1S/C28H26FN4OP/c1-28(2,11-12-30)27-26(24-10-9-22(17-32-24)35(3,4)34)23-13-18-15-31-16-19(18)14-25(23)33(27)21-7-5-20(29)6-8-21/h5-10,13-14,16-17H,11,15H2,1-4H3. The fourth-order valence-electron chi connectivity index (χ4n) is 4.79. The van der Waals surface area contributed by atoms with E-state index in [1.54, 1.807) is 31.7 Å². The van der Waals surface area contributed by atoms with E-state index in [0.29, 0.717) is 6.54 Å². The first kappa shape index (κ1) is 23.2. The molecule has 2 aromatic heterocycles. The van der Waals surface area contributed by atoms with Crippen LogP contribution in [0.1, 0.15) is 37.1 Å². The molecule has 3 heterocycles. The summed E-state index contributed by atoms with van der Waals surface area (Å²) in [6.07, 6.45) is 3.86. The molecule has 0 spiro atoms. The maximum atomic E-state index is 13.9. The summed E-state index contributed by atoms with van der Waals surface area (Å²) in [6, 6.07) is 16.8. The lowest BCUT2D eigenvalue weighted by molar-refractivity contribution is 0.515. The molecule has 0 radical (unpaired) electrons. The Morgan fingerprint density at radius 1 is 1.14 bits per heavy atom. The van der Waals surface area contributed by atoms with Gasteiger partial charge >= 0.3 is 0 Å². The Kier molecular flexibility index (Phi) is 5.49. The number of nitriles is 1. The normalized spacial score (nSPS) is 13.3. The zero-order chi connectivity index (χ0) is 25.0. The van der Waals surface area contributed by atoms with Crippen molar-refractivity contribution in [1.82, 2.24) is 9.55 Å². The van der Waals surface area contributed by atoms with Crippen LogP contribution in [0.15, 0.2) is 59.7 Å². The highest BCUT2D eigenvalue weighted by Crippen LogP contribution is 2.45. The maximum absolute atomic E-state index is 13.9. The number of aromatic nitrogens is 2. The maximum Gasteiger partial charge on any atom is 0.123 e. The minimum atomic E-state index is -2.45. The molecule has 1 aliphatic rings. The third kappa shape index (κ3) is 4.00. The van der Waals surface area contributed by atoms with Crippen LogP contribution in [0, 0.1) is 17.1 Å². The van der Waals surface area contributed by atoms with Gasteiger partial charge in [-0.05, 0) is 73.0 Å². The fraction of sp³-hybridized carbons (Fsp3) is 0.250. The number of hydrogen-bond acceptors (Lipinski definition) is 4. The Morgan fingerprint density at radius 2 is 1.89 bits per heavy atom. The molecule has 5 nitrogen and oxygen atoms in total. The smallest absolute Gasteiger partial charge is 0.123 e. The van der Waals surface area contributed by atoms with Crippen LogP contribution in [0.4, 0.5) is 4.39 Å². The molecule has 0 unspecified atom stereocenters. The van der Waals surface area contributed by atoms with E-state index >= 15 is 0 Å². The highest BCUT2D eigenvalue weighted by atomic mass is 31.2. The van der Waals surface area contributed by atoms with Crippen LogP contribution in [0.5, 0.6) is 0 Å². The predicted molar refractivity (Wildman–Crippen MR) is 140 cm³/mol. The number of fused-ring (bicyclic) bond motifs is 2. The molecule has 0 atom stereocenters. The zero-order valence-electron chi connectivity index (χ0n) is 20.2. The van der Waals surface area contributed by atoms with E-state index in [-0.39, 0.29) is 12.2 Å². The largest absolute Gasteiger partial charge is 0.319 e. The van der Waals surface area contributed by atoms with E-state index < -0.39 is 12.6 Å². The summed E-state index contributed by atoms with van der Waals surface area (Å²) in [5.41, 5.74) is 5.99. The lowest BCUT2D eigenvalue weighted by Gasteiger charge is -2.26. The summed E-state index contributed by atoms with van der Waals surface area (Å²) >= 11 is 0. The molecule has 0 N–H and O–H groups in total. The van der Waals surface area contributed by atoms with Gasteiger partial charge in [-0.15, -0.1) is 0 Å². The predicted octanol–water partition coefficient (Wildman–Crippen LogP) is 6.20. The first-order valence-corrected chi connectivity index (χ1v) is 14.1. The summed E-state index contributed by atoms with van der Waals surface area (Å²) in [6.45, 7) is 8.17. The number of aliphatic imine (C=N–C) groups is 1. The van der Waals surface area contributed by atoms with Gasteiger partial charge in [-0.25, -0.2) is 4.39 Å². The molecule has 2 aromatic carbocycles. The molecule has 0 amide bonds. The van der Waals surface area contributed by atoms with Gasteiger partial charge in [0, 0.05) is 51.9 Å². The second-order valence-corrected chi connectivity index (χ2v) is 13.3. The van der Waals surface area contributed by atoms with Crippen molar-refractivity contribution < 1.29 is 8.96 Å². The average molecular weight is 485 g/mol. The van der Waals surface area contributed by atoms with E-state index in [0.717, 1.165) is 50.0 Å². The Labute approximate surface area is 204 Å². The van der Waals surface area contributed by atoms with Crippen LogP contribution >= 0.6 is 7.14 Å². The number of halogens is 1. The van der Waals surface area contributed by atoms with E-state index in [9.17, 15) is 14.2 Å². The highest BCUT2D eigenvalue weighted by molar-refractivity contribution is 7.70. The molecule has 5 rings (SSSR count). The van der Waals surface area contributed by atoms with Crippen LogP contribution < -0.4 is 5.30 Å². The number of pyridine rings is 1. The molecule has 0 saturated carbocycles. The lowest BCUT2D eigenvalue weighted by Crippen LogP contribution is -2.22. The van der Waals surface area contributed by atoms with E-state index in [2.05, 4.69) is 27.8 Å². The third-order valence-electron chi connectivity index (χ3n) is 6.59. The number of rotatable bonds is 5. The second-order valence-electron chi connectivity index (χ2n) is 10.0. The summed E-state index contributed by atoms with van der Waals surface area (Å²) in [5.74, 6) is -0.308. The average Bonchev–Trinajstić information content (AvgIpc) is 3.40. The third-order valence-corrected chi connectivity index (χ3v) is 8.10. The number of nitrogens with zero attached hydrogens (tertiary/aromatic N) is 4. The Bertz CT molecular complexity index is 1570. The molecule has 0 bridgehead atoms. The Hall–Kier alpha value is -3.55. The van der Waals surface area contributed by atoms with Crippen LogP contribution in [-0.4, -0.2) is 29.1 Å². The van der Waals surface area contributed by atoms with Gasteiger partial charge in [0.25, 0.3) is 0 Å². The molecule has 0 saturated heterocycles. The molecular formula is C28H26FN4OP. The second kappa shape index (κ2) is 8.29. The summed E-state index contributed by atoms with van der Waals surface area (Å²) < 4.78 is 28.6. The van der Waals surface area contributed by atoms with Crippen LogP contribution in [0.3, 0.4) is 0 Å². The van der Waals surface area contributed by atoms with Crippen molar-refractivity contribution in [2.24, 2.45) is 4.99 Å². The van der Waals surface area contributed by atoms with Crippen molar-refractivity contribution in [3.63, 3.8) is 0 Å². The van der Waals surface area contributed by atoms with Crippen molar-refractivity contribution in [1.29, 1.82) is 5.26 Å². The van der Waals surface area contributed by atoms with Crippen molar-refractivity contribution >= 4 is 29.6 Å². The van der Waals surface area contributed by atoms with E-state index in [4.69, 9.17) is 4.98 Å². The minimum Gasteiger partial charge on any atom is -0.319 e. The molecule has 7 heteroatoms.